The van der Waals surface area contributed by atoms with Gasteiger partial charge in [-0.3, -0.25) is 9.13 Å². The smallest absolute Gasteiger partial charge is 0.324 e. The van der Waals surface area contributed by atoms with E-state index in [9.17, 15) is 9.13 Å². The molecule has 0 bridgehead atoms. The molecule has 4 N–H and O–H groups in total. The van der Waals surface area contributed by atoms with Gasteiger partial charge in [-0.25, -0.2) is 4.68 Å². The van der Waals surface area contributed by atoms with Crippen LogP contribution >= 0.6 is 15.2 Å². The number of nitrogens with zero attached hydrogens (tertiary/aromatic N) is 3. The normalized spacial score (nSPS) is 12.7. The lowest BCUT2D eigenvalue weighted by atomic mass is 10.3. The first kappa shape index (κ1) is 18.2. The van der Waals surface area contributed by atoms with Gasteiger partial charge in [-0.15, -0.1) is 5.10 Å². The minimum atomic E-state index is -5.19. The zero-order chi connectivity index (χ0) is 16.3. The van der Waals surface area contributed by atoms with E-state index in [2.05, 4.69) is 43.2 Å². The molecule has 0 fully saturated rings. The summed E-state index contributed by atoms with van der Waals surface area (Å²) < 4.78 is 23.0. The highest BCUT2D eigenvalue weighted by atomic mass is 31.2. The quantitative estimate of drug-likeness (QED) is 0.508. The van der Waals surface area contributed by atoms with Crippen molar-refractivity contribution >= 4 is 15.2 Å². The molecule has 11 heteroatoms. The Labute approximate surface area is 122 Å². The third-order valence-electron chi connectivity index (χ3n) is 1.69. The summed E-state index contributed by atoms with van der Waals surface area (Å²) >= 11 is 0. The Kier molecular flexibility index (Phi) is 6.04. The van der Waals surface area contributed by atoms with Crippen molar-refractivity contribution in [2.45, 2.75) is 0 Å². The Morgan fingerprint density at radius 2 is 1.76 bits per heavy atom. The molecule has 0 atom stereocenters. The van der Waals surface area contributed by atoms with Crippen molar-refractivity contribution in [3.8, 4) is 0 Å². The fourth-order valence-corrected chi connectivity index (χ4v) is 2.86. The van der Waals surface area contributed by atoms with E-state index in [4.69, 9.17) is 19.6 Å². The molecule has 110 valence electrons. The fraction of sp³-hybridized carbons (Fsp3) is 0. The maximum atomic E-state index is 11.0. The monoisotopic (exact) mass is 329 g/mol. The molecule has 1 heterocycles. The second-order valence-corrected chi connectivity index (χ2v) is 6.97. The average molecular weight is 329 g/mol. The Balaban J connectivity index is 2.79. The molecule has 0 aliphatic heterocycles. The van der Waals surface area contributed by atoms with Gasteiger partial charge >= 0.3 is 15.2 Å². The molecule has 1 aromatic heterocycles. The van der Waals surface area contributed by atoms with Crippen molar-refractivity contribution < 1.29 is 28.7 Å². The minimum absolute atomic E-state index is 0.306. The molecule has 0 saturated heterocycles. The number of rotatable bonds is 7. The van der Waals surface area contributed by atoms with E-state index in [1.54, 1.807) is 0 Å². The summed E-state index contributed by atoms with van der Waals surface area (Å²) in [6.45, 7) is 9.24. The van der Waals surface area contributed by atoms with Crippen LogP contribution in [0.25, 0.3) is 0 Å². The van der Waals surface area contributed by atoms with E-state index < -0.39 is 20.6 Å². The first-order valence-corrected chi connectivity index (χ1v) is 8.19. The predicted octanol–water partition coefficient (Wildman–Crippen LogP) is -0.0817. The Hall–Kier alpha value is -0.820. The van der Waals surface area contributed by atoms with E-state index in [0.29, 0.717) is 5.57 Å². The molecule has 1 aromatic rings. The van der Waals surface area contributed by atoms with Gasteiger partial charge in [0, 0.05) is 0 Å². The zero-order valence-electron chi connectivity index (χ0n) is 10.3. The van der Waals surface area contributed by atoms with Gasteiger partial charge in [-0.2, -0.15) is 0 Å². The Morgan fingerprint density at radius 1 is 1.19 bits per heavy atom. The molecular weight excluding hydrogens is 320 g/mol. The molecule has 0 aliphatic rings. The van der Waals surface area contributed by atoms with Gasteiger partial charge in [-0.05, 0) is 19.9 Å². The molecule has 0 unspecified atom stereocenters. The van der Waals surface area contributed by atoms with Gasteiger partial charge in [0.05, 0.1) is 24.7 Å². The van der Waals surface area contributed by atoms with Crippen LogP contribution in [0.1, 0.15) is 5.69 Å². The van der Waals surface area contributed by atoms with Crippen LogP contribution in [0.2, 0.25) is 0 Å². The first-order chi connectivity index (χ1) is 9.50. The van der Waals surface area contributed by atoms with Gasteiger partial charge in [0.2, 0.25) is 5.40 Å². The standard InChI is InChI=1S/C10H9N3O6P2/c1-8(2)4-3-5-13-7-9(11-12-13)6-10(20(14,15)16)21(17,18)19/h7H,1-2H2,(H2,14,15,16)(H2,17,18,19). The minimum Gasteiger partial charge on any atom is -0.324 e. The molecule has 0 spiro atoms. The third-order valence-corrected chi connectivity index (χ3v) is 4.59. The highest BCUT2D eigenvalue weighted by molar-refractivity contribution is 7.75. The molecule has 1 rings (SSSR count). The fourth-order valence-electron chi connectivity index (χ4n) is 0.979. The van der Waals surface area contributed by atoms with Crippen LogP contribution in [0.3, 0.4) is 0 Å². The average Bonchev–Trinajstić information content (AvgIpc) is 2.70. The van der Waals surface area contributed by atoms with Crippen molar-refractivity contribution in [2.75, 3.05) is 0 Å². The van der Waals surface area contributed by atoms with Crippen molar-refractivity contribution in [3.63, 3.8) is 0 Å². The van der Waals surface area contributed by atoms with Crippen LogP contribution < -0.4 is 0 Å². The first-order valence-electron chi connectivity index (χ1n) is 4.96. The van der Waals surface area contributed by atoms with Gasteiger partial charge in [0.15, 0.2) is 0 Å². The summed E-state index contributed by atoms with van der Waals surface area (Å²) in [5.41, 5.74) is 0.0268. The summed E-state index contributed by atoms with van der Waals surface area (Å²) in [5, 5.41) is 5.39. The topological polar surface area (TPSA) is 146 Å². The summed E-state index contributed by atoms with van der Waals surface area (Å²) in [7, 11) is -10.4. The van der Waals surface area contributed by atoms with Gasteiger partial charge in [0.1, 0.15) is 6.54 Å². The number of hydrogen-bond acceptors (Lipinski definition) is 4. The Bertz CT molecular complexity index is 576. The maximum Gasteiger partial charge on any atom is 0.346 e. The summed E-state index contributed by atoms with van der Waals surface area (Å²) in [4.78, 5) is 35.6. The summed E-state index contributed by atoms with van der Waals surface area (Å²) in [6, 6.07) is 0. The second kappa shape index (κ2) is 6.96. The van der Waals surface area contributed by atoms with Crippen molar-refractivity contribution in [2.24, 2.45) is 0 Å². The van der Waals surface area contributed by atoms with E-state index in [1.165, 1.54) is 0 Å². The molecule has 9 nitrogen and oxygen atoms in total. The molecule has 0 saturated carbocycles. The molecule has 0 amide bonds. The maximum absolute atomic E-state index is 11.0. The van der Waals surface area contributed by atoms with Crippen molar-refractivity contribution in [1.29, 1.82) is 0 Å². The summed E-state index contributed by atoms with van der Waals surface area (Å²) in [6.07, 6.45) is 7.77. The molecular formula is C10H9N3O6P2. The number of hydrogen-bond donors (Lipinski definition) is 4. The van der Waals surface area contributed by atoms with Crippen LogP contribution in [0.5, 0.6) is 0 Å². The van der Waals surface area contributed by atoms with Gasteiger partial charge in [-0.1, -0.05) is 10.8 Å². The van der Waals surface area contributed by atoms with Crippen LogP contribution in [0.15, 0.2) is 11.8 Å². The largest absolute Gasteiger partial charge is 0.346 e. The molecule has 21 heavy (non-hydrogen) atoms. The van der Waals surface area contributed by atoms with Crippen molar-refractivity contribution in [3.05, 3.63) is 62.2 Å². The highest BCUT2D eigenvalue weighted by Crippen LogP contribution is 2.67. The van der Waals surface area contributed by atoms with E-state index in [0.717, 1.165) is 10.9 Å². The molecule has 0 aliphatic carbocycles. The highest BCUT2D eigenvalue weighted by Gasteiger charge is 2.45. The predicted molar refractivity (Wildman–Crippen MR) is 69.1 cm³/mol. The van der Waals surface area contributed by atoms with Crippen LogP contribution in [-0.4, -0.2) is 34.6 Å². The van der Waals surface area contributed by atoms with E-state index >= 15 is 0 Å². The van der Waals surface area contributed by atoms with Gasteiger partial charge in [0.25, 0.3) is 0 Å². The lowest BCUT2D eigenvalue weighted by Crippen LogP contribution is -2.02. The second-order valence-electron chi connectivity index (χ2n) is 3.55. The SMILES string of the molecule is [CH2]C([CH2])=[C][C][C]n1cc([C][C](P(=O)(O)O)P(=O)(O)O)nn1. The van der Waals surface area contributed by atoms with E-state index in [-0.39, 0.29) is 5.69 Å². The molecule has 0 aromatic carbocycles. The van der Waals surface area contributed by atoms with Crippen molar-refractivity contribution in [1.82, 2.24) is 15.0 Å². The lowest BCUT2D eigenvalue weighted by Gasteiger charge is -2.16. The third kappa shape index (κ3) is 6.22. The van der Waals surface area contributed by atoms with Crippen LogP contribution in [0, 0.1) is 44.7 Å². The Morgan fingerprint density at radius 3 is 2.24 bits per heavy atom. The number of allylic oxidation sites excluding steroid dienone is 2. The van der Waals surface area contributed by atoms with Crippen LogP contribution in [-0.2, 0) is 9.13 Å². The molecule has 10 radical (unpaired) electrons. The van der Waals surface area contributed by atoms with Crippen LogP contribution in [0.4, 0.5) is 0 Å². The van der Waals surface area contributed by atoms with Gasteiger partial charge < -0.3 is 19.6 Å². The number of aromatic nitrogens is 3. The van der Waals surface area contributed by atoms with E-state index in [1.807, 2.05) is 6.42 Å². The summed E-state index contributed by atoms with van der Waals surface area (Å²) in [5.74, 6) is 0. The lowest BCUT2D eigenvalue weighted by molar-refractivity contribution is 0.358. The zero-order valence-corrected chi connectivity index (χ0v) is 12.1.